The maximum atomic E-state index is 14.0. The molecule has 2 aromatic carbocycles. The fourth-order valence-corrected chi connectivity index (χ4v) is 5.78. The van der Waals surface area contributed by atoms with E-state index < -0.39 is 21.8 Å². The molecule has 1 aliphatic rings. The molecule has 0 aliphatic carbocycles. The first-order valence-electron chi connectivity index (χ1n) is 11.1. The molecule has 7 nitrogen and oxygen atoms in total. The van der Waals surface area contributed by atoms with Gasteiger partial charge in [-0.25, -0.2) is 12.8 Å². The van der Waals surface area contributed by atoms with Gasteiger partial charge in [0.05, 0.1) is 5.92 Å². The lowest BCUT2D eigenvalue weighted by Gasteiger charge is -2.31. The average Bonchev–Trinajstić information content (AvgIpc) is 3.23. The van der Waals surface area contributed by atoms with E-state index in [1.54, 1.807) is 25.1 Å². The third-order valence-electron chi connectivity index (χ3n) is 5.82. The molecule has 34 heavy (non-hydrogen) atoms. The molecule has 1 fully saturated rings. The molecule has 0 saturated carbocycles. The van der Waals surface area contributed by atoms with Crippen LogP contribution in [0.15, 0.2) is 64.0 Å². The van der Waals surface area contributed by atoms with Gasteiger partial charge in [-0.2, -0.15) is 4.31 Å². The smallest absolute Gasteiger partial charge is 0.248 e. The van der Waals surface area contributed by atoms with Crippen LogP contribution < -0.4 is 5.32 Å². The Hall–Kier alpha value is -3.30. The van der Waals surface area contributed by atoms with Crippen LogP contribution in [0.1, 0.15) is 35.4 Å². The maximum absolute atomic E-state index is 14.0. The Morgan fingerprint density at radius 3 is 2.68 bits per heavy atom. The van der Waals surface area contributed by atoms with Gasteiger partial charge in [0.15, 0.2) is 10.7 Å². The molecule has 1 unspecified atom stereocenters. The van der Waals surface area contributed by atoms with Crippen molar-refractivity contribution in [1.29, 1.82) is 0 Å². The van der Waals surface area contributed by atoms with Crippen molar-refractivity contribution in [3.05, 3.63) is 83.0 Å². The molecule has 9 heteroatoms. The summed E-state index contributed by atoms with van der Waals surface area (Å²) < 4.78 is 47.5. The van der Waals surface area contributed by atoms with E-state index in [0.717, 1.165) is 5.56 Å². The largest absolute Gasteiger partial charge is 0.355 e. The minimum absolute atomic E-state index is 0.0244. The lowest BCUT2D eigenvalue weighted by atomic mass is 9.99. The van der Waals surface area contributed by atoms with E-state index in [2.05, 4.69) is 10.5 Å². The number of aryl methyl sites for hydroxylation is 1. The van der Waals surface area contributed by atoms with Crippen LogP contribution in [0.3, 0.4) is 0 Å². The molecule has 1 aromatic heterocycles. The standard InChI is InChI=1S/C25H26FN3O4S/c1-18-24(23(33-28-18)14-13-20-10-5-6-12-22(20)26)34(31,32)29-15-7-11-21(17-29)25(30)27-16-19-8-3-2-4-9-19/h2-6,8-10,12-14,21H,7,11,15-17H2,1H3,(H,27,30)/b14-13+. The summed E-state index contributed by atoms with van der Waals surface area (Å²) in [5, 5.41) is 6.73. The number of rotatable bonds is 7. The first kappa shape index (κ1) is 23.8. The summed E-state index contributed by atoms with van der Waals surface area (Å²) >= 11 is 0. The van der Waals surface area contributed by atoms with Crippen molar-refractivity contribution in [2.75, 3.05) is 13.1 Å². The van der Waals surface area contributed by atoms with E-state index in [0.29, 0.717) is 31.5 Å². The van der Waals surface area contributed by atoms with E-state index in [-0.39, 0.29) is 28.8 Å². The Kier molecular flexibility index (Phi) is 7.23. The van der Waals surface area contributed by atoms with Gasteiger partial charge in [0.1, 0.15) is 11.5 Å². The van der Waals surface area contributed by atoms with E-state index in [4.69, 9.17) is 4.52 Å². The highest BCUT2D eigenvalue weighted by Gasteiger charge is 2.36. The number of carbonyl (C=O) groups is 1. The summed E-state index contributed by atoms with van der Waals surface area (Å²) in [4.78, 5) is 12.7. The Morgan fingerprint density at radius 2 is 1.91 bits per heavy atom. The van der Waals surface area contributed by atoms with E-state index in [9.17, 15) is 17.6 Å². The number of nitrogens with one attached hydrogen (secondary N) is 1. The number of carbonyl (C=O) groups excluding carboxylic acids is 1. The molecule has 178 valence electrons. The summed E-state index contributed by atoms with van der Waals surface area (Å²) in [7, 11) is -3.98. The van der Waals surface area contributed by atoms with Crippen LogP contribution in [0.5, 0.6) is 0 Å². The van der Waals surface area contributed by atoms with E-state index in [1.165, 1.54) is 22.5 Å². The number of sulfonamides is 1. The minimum atomic E-state index is -3.98. The van der Waals surface area contributed by atoms with Crippen LogP contribution in [-0.2, 0) is 21.4 Å². The van der Waals surface area contributed by atoms with Crippen molar-refractivity contribution >= 4 is 28.1 Å². The lowest BCUT2D eigenvalue weighted by Crippen LogP contribution is -2.45. The Balaban J connectivity index is 1.50. The van der Waals surface area contributed by atoms with E-state index >= 15 is 0 Å². The Morgan fingerprint density at radius 1 is 1.18 bits per heavy atom. The lowest BCUT2D eigenvalue weighted by molar-refractivity contribution is -0.126. The predicted octanol–water partition coefficient (Wildman–Crippen LogP) is 4.01. The third kappa shape index (κ3) is 5.26. The number of hydrogen-bond donors (Lipinski definition) is 1. The van der Waals surface area contributed by atoms with Gasteiger partial charge in [-0.1, -0.05) is 53.7 Å². The molecule has 0 radical (unpaired) electrons. The molecule has 1 atom stereocenters. The van der Waals surface area contributed by atoms with Crippen LogP contribution in [0, 0.1) is 18.7 Å². The third-order valence-corrected chi connectivity index (χ3v) is 7.84. The number of halogens is 1. The summed E-state index contributed by atoms with van der Waals surface area (Å²) in [6, 6.07) is 15.7. The van der Waals surface area contributed by atoms with Crippen LogP contribution in [0.25, 0.3) is 12.2 Å². The zero-order chi connectivity index (χ0) is 24.1. The molecule has 0 bridgehead atoms. The molecule has 1 N–H and O–H groups in total. The second-order valence-corrected chi connectivity index (χ2v) is 10.1. The van der Waals surface area contributed by atoms with Crippen LogP contribution in [0.4, 0.5) is 4.39 Å². The van der Waals surface area contributed by atoms with Crippen LogP contribution >= 0.6 is 0 Å². The quantitative estimate of drug-likeness (QED) is 0.548. The molecule has 1 saturated heterocycles. The first-order chi connectivity index (χ1) is 16.4. The summed E-state index contributed by atoms with van der Waals surface area (Å²) in [6.45, 7) is 2.30. The Bertz CT molecular complexity index is 1290. The number of amides is 1. The second-order valence-electron chi connectivity index (χ2n) is 8.22. The van der Waals surface area contributed by atoms with Crippen LogP contribution in [-0.4, -0.2) is 36.9 Å². The molecule has 1 amide bonds. The maximum Gasteiger partial charge on any atom is 0.248 e. The molecule has 2 heterocycles. The van der Waals surface area contributed by atoms with Crippen molar-refractivity contribution in [3.8, 4) is 0 Å². The highest BCUT2D eigenvalue weighted by Crippen LogP contribution is 2.29. The van der Waals surface area contributed by atoms with Gasteiger partial charge in [0, 0.05) is 25.2 Å². The number of nitrogens with zero attached hydrogens (tertiary/aromatic N) is 2. The van der Waals surface area contributed by atoms with Crippen LogP contribution in [0.2, 0.25) is 0 Å². The minimum Gasteiger partial charge on any atom is -0.355 e. The highest BCUT2D eigenvalue weighted by atomic mass is 32.2. The molecule has 3 aromatic rings. The fraction of sp³-hybridized carbons (Fsp3) is 0.280. The van der Waals surface area contributed by atoms with Gasteiger partial charge in [-0.3, -0.25) is 4.79 Å². The number of piperidine rings is 1. The van der Waals surface area contributed by atoms with Gasteiger partial charge >= 0.3 is 0 Å². The number of benzene rings is 2. The summed E-state index contributed by atoms with van der Waals surface area (Å²) in [6.07, 6.45) is 4.02. The normalized spacial score (nSPS) is 17.2. The first-order valence-corrected chi connectivity index (χ1v) is 12.5. The van der Waals surface area contributed by atoms with Crippen molar-refractivity contribution in [3.63, 3.8) is 0 Å². The summed E-state index contributed by atoms with van der Waals surface area (Å²) in [5.41, 5.74) is 1.49. The van der Waals surface area contributed by atoms with Gasteiger partial charge < -0.3 is 9.84 Å². The SMILES string of the molecule is Cc1noc(/C=C/c2ccccc2F)c1S(=O)(=O)N1CCCC(C(=O)NCc2ccccc2)C1. The van der Waals surface area contributed by atoms with Gasteiger partial charge in [0.2, 0.25) is 15.9 Å². The predicted molar refractivity (Wildman–Crippen MR) is 126 cm³/mol. The molecule has 4 rings (SSSR count). The van der Waals surface area contributed by atoms with Gasteiger partial charge in [-0.05, 0) is 43.5 Å². The highest BCUT2D eigenvalue weighted by molar-refractivity contribution is 7.89. The monoisotopic (exact) mass is 483 g/mol. The van der Waals surface area contributed by atoms with Crippen molar-refractivity contribution < 1.29 is 22.1 Å². The second kappa shape index (κ2) is 10.3. The van der Waals surface area contributed by atoms with Crippen molar-refractivity contribution in [2.45, 2.75) is 31.2 Å². The summed E-state index contributed by atoms with van der Waals surface area (Å²) in [5.74, 6) is -1.04. The van der Waals surface area contributed by atoms with E-state index in [1.807, 2.05) is 30.3 Å². The van der Waals surface area contributed by atoms with Gasteiger partial charge in [-0.15, -0.1) is 0 Å². The topological polar surface area (TPSA) is 92.5 Å². The molecule has 1 aliphatic heterocycles. The average molecular weight is 484 g/mol. The molecule has 0 spiro atoms. The van der Waals surface area contributed by atoms with Gasteiger partial charge in [0.25, 0.3) is 0 Å². The fourth-order valence-electron chi connectivity index (χ4n) is 4.01. The number of hydrogen-bond acceptors (Lipinski definition) is 5. The zero-order valence-electron chi connectivity index (χ0n) is 18.8. The van der Waals surface area contributed by atoms with Crippen molar-refractivity contribution in [2.24, 2.45) is 5.92 Å². The molecular formula is C25H26FN3O4S. The number of aromatic nitrogens is 1. The molecular weight excluding hydrogens is 457 g/mol. The zero-order valence-corrected chi connectivity index (χ0v) is 19.6. The Labute approximate surface area is 198 Å². The van der Waals surface area contributed by atoms with Crippen molar-refractivity contribution in [1.82, 2.24) is 14.8 Å².